The predicted octanol–water partition coefficient (Wildman–Crippen LogP) is 5.41. The third kappa shape index (κ3) is 4.69. The van der Waals surface area contributed by atoms with E-state index >= 15 is 0 Å². The van der Waals surface area contributed by atoms with E-state index in [0.29, 0.717) is 37.0 Å². The Morgan fingerprint density at radius 3 is 2.87 bits per heavy atom. The number of carbonyl (C=O) groups is 1. The summed E-state index contributed by atoms with van der Waals surface area (Å²) in [7, 11) is 1.42. The molecule has 7 heteroatoms. The minimum absolute atomic E-state index is 0.107. The van der Waals surface area contributed by atoms with Gasteiger partial charge in [0.25, 0.3) is 0 Å². The Morgan fingerprint density at radius 1 is 1.24 bits per heavy atom. The van der Waals surface area contributed by atoms with Crippen molar-refractivity contribution in [2.75, 3.05) is 38.3 Å². The number of methoxy groups -OCH3 is 1. The molecule has 1 N–H and O–H groups in total. The Bertz CT molecular complexity index is 1200. The van der Waals surface area contributed by atoms with Crippen molar-refractivity contribution in [1.29, 1.82) is 0 Å². The second-order valence-corrected chi connectivity index (χ2v) is 12.4. The molecule has 6 nitrogen and oxygen atoms in total. The van der Waals surface area contributed by atoms with Gasteiger partial charge in [0, 0.05) is 35.9 Å². The van der Waals surface area contributed by atoms with Gasteiger partial charge in [0.2, 0.25) is 0 Å². The molecule has 2 aliphatic heterocycles. The minimum atomic E-state index is -0.343. The van der Waals surface area contributed by atoms with Crippen LogP contribution >= 0.6 is 11.6 Å². The van der Waals surface area contributed by atoms with Crippen LogP contribution in [0, 0.1) is 17.8 Å². The maximum atomic E-state index is 12.5. The molecule has 204 valence electrons. The van der Waals surface area contributed by atoms with Gasteiger partial charge in [-0.25, -0.2) is 4.79 Å². The lowest BCUT2D eigenvalue weighted by Crippen LogP contribution is -2.51. The van der Waals surface area contributed by atoms with Crippen molar-refractivity contribution in [2.45, 2.75) is 63.1 Å². The molecular formula is C31H38ClNO5. The van der Waals surface area contributed by atoms with Gasteiger partial charge in [-0.15, -0.1) is 0 Å². The SMILES string of the molecule is COC(=O)c1ccc2c(c1)N(C[C@@H]1CC[C@H]1[C@@H]1C[C@H](O)[C@H](C)CO1)C[C@@]1(CCCc3cc(Cl)ccc31)CO2. The van der Waals surface area contributed by atoms with Crippen molar-refractivity contribution in [3.63, 3.8) is 0 Å². The number of nitrogens with zero attached hydrogens (tertiary/aromatic N) is 1. The summed E-state index contributed by atoms with van der Waals surface area (Å²) >= 11 is 6.39. The van der Waals surface area contributed by atoms with Crippen molar-refractivity contribution < 1.29 is 24.1 Å². The highest BCUT2D eigenvalue weighted by Gasteiger charge is 2.45. The maximum Gasteiger partial charge on any atom is 0.337 e. The Balaban J connectivity index is 1.33. The Kier molecular flexibility index (Phi) is 7.08. The van der Waals surface area contributed by atoms with E-state index in [0.717, 1.165) is 61.7 Å². The van der Waals surface area contributed by atoms with Gasteiger partial charge in [-0.05, 0) is 85.4 Å². The van der Waals surface area contributed by atoms with Gasteiger partial charge in [0.1, 0.15) is 5.75 Å². The van der Waals surface area contributed by atoms with Crippen LogP contribution in [-0.4, -0.2) is 56.7 Å². The molecule has 0 bridgehead atoms. The quantitative estimate of drug-likeness (QED) is 0.524. The summed E-state index contributed by atoms with van der Waals surface area (Å²) in [6.45, 7) is 4.95. The molecule has 4 aliphatic rings. The molecule has 2 aromatic rings. The van der Waals surface area contributed by atoms with Gasteiger partial charge in [0.05, 0.1) is 43.8 Å². The van der Waals surface area contributed by atoms with Crippen LogP contribution in [0.3, 0.4) is 0 Å². The molecule has 2 aromatic carbocycles. The molecule has 1 saturated heterocycles. The Labute approximate surface area is 230 Å². The first-order valence-corrected chi connectivity index (χ1v) is 14.4. The molecule has 1 saturated carbocycles. The fourth-order valence-electron chi connectivity index (χ4n) is 7.18. The number of hydrogen-bond acceptors (Lipinski definition) is 6. The number of aliphatic hydroxyl groups is 1. The summed E-state index contributed by atoms with van der Waals surface area (Å²) < 4.78 is 17.8. The summed E-state index contributed by atoms with van der Waals surface area (Å²) in [6, 6.07) is 11.9. The van der Waals surface area contributed by atoms with Crippen molar-refractivity contribution in [3.05, 3.63) is 58.1 Å². The van der Waals surface area contributed by atoms with Crippen LogP contribution in [0.25, 0.3) is 0 Å². The number of aryl methyl sites for hydroxylation is 1. The number of benzene rings is 2. The highest BCUT2D eigenvalue weighted by Crippen LogP contribution is 2.47. The zero-order chi connectivity index (χ0) is 26.4. The Morgan fingerprint density at radius 2 is 2.11 bits per heavy atom. The smallest absolute Gasteiger partial charge is 0.337 e. The van der Waals surface area contributed by atoms with E-state index in [9.17, 15) is 9.90 Å². The summed E-state index contributed by atoms with van der Waals surface area (Å²) in [6.07, 6.45) is 5.95. The van der Waals surface area contributed by atoms with Crippen molar-refractivity contribution in [1.82, 2.24) is 0 Å². The fraction of sp³-hybridized carbons (Fsp3) is 0.581. The van der Waals surface area contributed by atoms with Crippen LogP contribution in [0.15, 0.2) is 36.4 Å². The van der Waals surface area contributed by atoms with E-state index in [1.807, 2.05) is 18.2 Å². The second-order valence-electron chi connectivity index (χ2n) is 11.9. The molecule has 38 heavy (non-hydrogen) atoms. The largest absolute Gasteiger partial charge is 0.490 e. The summed E-state index contributed by atoms with van der Waals surface area (Å²) in [5, 5.41) is 11.3. The van der Waals surface area contributed by atoms with Crippen LogP contribution in [-0.2, 0) is 21.3 Å². The zero-order valence-corrected chi connectivity index (χ0v) is 23.1. The van der Waals surface area contributed by atoms with Crippen molar-refractivity contribution in [3.8, 4) is 5.75 Å². The Hall–Kier alpha value is -2.28. The molecule has 0 unspecified atom stereocenters. The number of halogens is 1. The number of hydrogen-bond donors (Lipinski definition) is 1. The van der Waals surface area contributed by atoms with Gasteiger partial charge < -0.3 is 24.2 Å². The first-order valence-electron chi connectivity index (χ1n) is 14.1. The molecule has 0 amide bonds. The van der Waals surface area contributed by atoms with Gasteiger partial charge >= 0.3 is 5.97 Å². The van der Waals surface area contributed by atoms with Crippen molar-refractivity contribution in [2.24, 2.45) is 17.8 Å². The third-order valence-corrected chi connectivity index (χ3v) is 9.81. The molecular weight excluding hydrogens is 502 g/mol. The van der Waals surface area contributed by atoms with Crippen molar-refractivity contribution >= 4 is 23.3 Å². The molecule has 2 aliphatic carbocycles. The summed E-state index contributed by atoms with van der Waals surface area (Å²) in [5.74, 6) is 1.55. The van der Waals surface area contributed by atoms with E-state index in [1.54, 1.807) is 6.07 Å². The zero-order valence-electron chi connectivity index (χ0n) is 22.3. The highest BCUT2D eigenvalue weighted by atomic mass is 35.5. The normalized spacial score (nSPS) is 32.4. The van der Waals surface area contributed by atoms with Crippen LogP contribution in [0.4, 0.5) is 5.69 Å². The second kappa shape index (κ2) is 10.4. The van der Waals surface area contributed by atoms with Gasteiger partial charge in [-0.3, -0.25) is 0 Å². The van der Waals surface area contributed by atoms with E-state index in [-0.39, 0.29) is 29.5 Å². The van der Waals surface area contributed by atoms with Crippen LogP contribution in [0.1, 0.15) is 60.5 Å². The molecule has 6 atom stereocenters. The van der Waals surface area contributed by atoms with Gasteiger partial charge in [0.15, 0.2) is 0 Å². The lowest BCUT2D eigenvalue weighted by atomic mass is 9.67. The summed E-state index contributed by atoms with van der Waals surface area (Å²) in [5.41, 5.74) is 3.97. The van der Waals surface area contributed by atoms with E-state index in [1.165, 1.54) is 18.2 Å². The molecule has 0 radical (unpaired) electrons. The van der Waals surface area contributed by atoms with Crippen LogP contribution in [0.2, 0.25) is 5.02 Å². The number of ether oxygens (including phenoxy) is 3. The maximum absolute atomic E-state index is 12.5. The average Bonchev–Trinajstić information content (AvgIpc) is 3.05. The number of fused-ring (bicyclic) bond motifs is 3. The van der Waals surface area contributed by atoms with Gasteiger partial charge in [-0.2, -0.15) is 0 Å². The van der Waals surface area contributed by atoms with E-state index < -0.39 is 0 Å². The number of carbonyl (C=O) groups excluding carboxylic acids is 1. The first-order chi connectivity index (χ1) is 18.4. The molecule has 0 aromatic heterocycles. The molecule has 6 rings (SSSR count). The third-order valence-electron chi connectivity index (χ3n) is 9.57. The lowest BCUT2D eigenvalue weighted by Gasteiger charge is -2.48. The first kappa shape index (κ1) is 26.0. The topological polar surface area (TPSA) is 68.2 Å². The summed E-state index contributed by atoms with van der Waals surface area (Å²) in [4.78, 5) is 14.9. The van der Waals surface area contributed by atoms with E-state index in [2.05, 4.69) is 24.0 Å². The van der Waals surface area contributed by atoms with Gasteiger partial charge in [-0.1, -0.05) is 24.6 Å². The fourth-order valence-corrected chi connectivity index (χ4v) is 7.37. The standard InChI is InChI=1S/C31H38ClNO5/c1-19-16-37-29(14-27(19)34)24-8-5-22(24)15-33-17-31(11-3-4-20-12-23(32)7-9-25(20)31)18-38-28-10-6-21(13-26(28)33)30(35)36-2/h6-7,9-10,12-13,19,22,24,27,29,34H,3-5,8,11,14-18H2,1-2H3/t19-,22+,24-,27+,29+,31+/m1/s1. The molecule has 1 spiro atoms. The average molecular weight is 540 g/mol. The highest BCUT2D eigenvalue weighted by molar-refractivity contribution is 6.30. The number of anilines is 1. The predicted molar refractivity (Wildman–Crippen MR) is 147 cm³/mol. The minimum Gasteiger partial charge on any atom is -0.490 e. The molecule has 2 heterocycles. The number of rotatable bonds is 4. The van der Waals surface area contributed by atoms with Crippen LogP contribution < -0.4 is 9.64 Å². The number of aliphatic hydroxyl groups excluding tert-OH is 1. The van der Waals surface area contributed by atoms with E-state index in [4.69, 9.17) is 25.8 Å². The molecule has 2 fully saturated rings. The monoisotopic (exact) mass is 539 g/mol. The number of esters is 1. The van der Waals surface area contributed by atoms with Crippen LogP contribution in [0.5, 0.6) is 5.75 Å². The lowest BCUT2D eigenvalue weighted by molar-refractivity contribution is -0.124.